The SMILES string of the molecule is CCN(C(C)CN(C)C)S(=O)(=O)c1ccc(C#N)s1. The van der Waals surface area contributed by atoms with Gasteiger partial charge in [-0.15, -0.1) is 11.3 Å². The molecule has 7 heteroatoms. The summed E-state index contributed by atoms with van der Waals surface area (Å²) < 4.78 is 26.8. The van der Waals surface area contributed by atoms with E-state index in [1.54, 1.807) is 6.07 Å². The first kappa shape index (κ1) is 16.1. The van der Waals surface area contributed by atoms with E-state index in [0.717, 1.165) is 11.3 Å². The Kier molecular flexibility index (Phi) is 5.50. The van der Waals surface area contributed by atoms with Crippen LogP contribution in [0.1, 0.15) is 18.7 Å². The third-order valence-electron chi connectivity index (χ3n) is 2.69. The predicted molar refractivity (Wildman–Crippen MR) is 76.6 cm³/mol. The van der Waals surface area contributed by atoms with Crippen LogP contribution in [0, 0.1) is 11.3 Å². The molecule has 0 fully saturated rings. The van der Waals surface area contributed by atoms with Gasteiger partial charge in [0, 0.05) is 19.1 Å². The molecule has 0 aromatic carbocycles. The van der Waals surface area contributed by atoms with Gasteiger partial charge in [0.1, 0.15) is 15.2 Å². The Hall–Kier alpha value is -0.940. The summed E-state index contributed by atoms with van der Waals surface area (Å²) in [4.78, 5) is 2.37. The van der Waals surface area contributed by atoms with E-state index in [1.165, 1.54) is 10.4 Å². The van der Waals surface area contributed by atoms with Gasteiger partial charge in [-0.1, -0.05) is 6.92 Å². The van der Waals surface area contributed by atoms with Crippen molar-refractivity contribution >= 4 is 21.4 Å². The lowest BCUT2D eigenvalue weighted by Gasteiger charge is -2.28. The van der Waals surface area contributed by atoms with E-state index in [-0.39, 0.29) is 10.3 Å². The first-order valence-electron chi connectivity index (χ1n) is 5.99. The molecule has 0 aliphatic heterocycles. The first-order chi connectivity index (χ1) is 8.82. The van der Waals surface area contributed by atoms with Crippen molar-refractivity contribution < 1.29 is 8.42 Å². The minimum absolute atomic E-state index is 0.113. The van der Waals surface area contributed by atoms with Gasteiger partial charge < -0.3 is 4.90 Å². The molecule has 0 bridgehead atoms. The molecule has 1 rings (SSSR count). The van der Waals surface area contributed by atoms with Crippen LogP contribution in [0.25, 0.3) is 0 Å². The zero-order valence-electron chi connectivity index (χ0n) is 11.6. The average molecular weight is 301 g/mol. The summed E-state index contributed by atoms with van der Waals surface area (Å²) >= 11 is 1.02. The van der Waals surface area contributed by atoms with E-state index in [0.29, 0.717) is 18.0 Å². The highest BCUT2D eigenvalue weighted by atomic mass is 32.2. The number of rotatable bonds is 6. The van der Waals surface area contributed by atoms with Crippen molar-refractivity contribution in [2.75, 3.05) is 27.2 Å². The van der Waals surface area contributed by atoms with Crippen LogP contribution in [0.2, 0.25) is 0 Å². The van der Waals surface area contributed by atoms with E-state index < -0.39 is 10.0 Å². The summed E-state index contributed by atoms with van der Waals surface area (Å²) in [6.07, 6.45) is 0. The number of hydrogen-bond donors (Lipinski definition) is 0. The molecule has 1 aromatic heterocycles. The number of nitrogens with zero attached hydrogens (tertiary/aromatic N) is 3. The molecule has 1 unspecified atom stereocenters. The largest absolute Gasteiger partial charge is 0.308 e. The number of hydrogen-bond acceptors (Lipinski definition) is 5. The molecule has 0 N–H and O–H groups in total. The molecule has 5 nitrogen and oxygen atoms in total. The van der Waals surface area contributed by atoms with Gasteiger partial charge in [0.05, 0.1) is 0 Å². The molecule has 0 aliphatic carbocycles. The molecular weight excluding hydrogens is 282 g/mol. The number of sulfonamides is 1. The molecule has 19 heavy (non-hydrogen) atoms. The van der Waals surface area contributed by atoms with Crippen molar-refractivity contribution in [2.45, 2.75) is 24.1 Å². The van der Waals surface area contributed by atoms with Crippen molar-refractivity contribution in [3.05, 3.63) is 17.0 Å². The van der Waals surface area contributed by atoms with Crippen LogP contribution < -0.4 is 0 Å². The Morgan fingerprint density at radius 2 is 2.05 bits per heavy atom. The molecule has 106 valence electrons. The van der Waals surface area contributed by atoms with Crippen molar-refractivity contribution in [1.29, 1.82) is 5.26 Å². The molecule has 0 aliphatic rings. The van der Waals surface area contributed by atoms with Crippen molar-refractivity contribution in [1.82, 2.24) is 9.21 Å². The molecule has 1 atom stereocenters. The number of nitriles is 1. The second kappa shape index (κ2) is 6.48. The summed E-state index contributed by atoms with van der Waals surface area (Å²) in [6.45, 7) is 4.78. The molecule has 0 radical (unpaired) electrons. The summed E-state index contributed by atoms with van der Waals surface area (Å²) in [7, 11) is 0.314. The van der Waals surface area contributed by atoms with Gasteiger partial charge in [0.15, 0.2) is 0 Å². The smallest absolute Gasteiger partial charge is 0.252 e. The van der Waals surface area contributed by atoms with Gasteiger partial charge in [0.25, 0.3) is 10.0 Å². The summed E-state index contributed by atoms with van der Waals surface area (Å²) in [5, 5.41) is 8.79. The maximum atomic E-state index is 12.5. The minimum Gasteiger partial charge on any atom is -0.308 e. The number of likely N-dealkylation sites (N-methyl/N-ethyl adjacent to an activating group) is 2. The highest BCUT2D eigenvalue weighted by Crippen LogP contribution is 2.25. The lowest BCUT2D eigenvalue weighted by molar-refractivity contribution is 0.272. The third kappa shape index (κ3) is 3.76. The van der Waals surface area contributed by atoms with E-state index in [1.807, 2.05) is 38.9 Å². The maximum absolute atomic E-state index is 12.5. The standard InChI is InChI=1S/C12H19N3O2S2/c1-5-15(10(2)9-14(3)4)19(16,17)12-7-6-11(8-13)18-12/h6-7,10H,5,9H2,1-4H3. The van der Waals surface area contributed by atoms with Gasteiger partial charge in [-0.2, -0.15) is 9.57 Å². The normalized spacial score (nSPS) is 13.7. The van der Waals surface area contributed by atoms with Gasteiger partial charge in [-0.25, -0.2) is 8.42 Å². The highest BCUT2D eigenvalue weighted by Gasteiger charge is 2.29. The van der Waals surface area contributed by atoms with Crippen LogP contribution in [0.3, 0.4) is 0 Å². The topological polar surface area (TPSA) is 64.4 Å². The lowest BCUT2D eigenvalue weighted by atomic mass is 10.3. The van der Waals surface area contributed by atoms with Crippen LogP contribution >= 0.6 is 11.3 Å². The summed E-state index contributed by atoms with van der Waals surface area (Å²) in [5.74, 6) is 0. The number of thiophene rings is 1. The molecule has 0 amide bonds. The molecule has 1 aromatic rings. The van der Waals surface area contributed by atoms with Crippen molar-refractivity contribution in [2.24, 2.45) is 0 Å². The molecule has 0 spiro atoms. The van der Waals surface area contributed by atoms with Crippen LogP contribution in [-0.2, 0) is 10.0 Å². The Balaban J connectivity index is 3.05. The first-order valence-corrected chi connectivity index (χ1v) is 8.25. The van der Waals surface area contributed by atoms with Crippen LogP contribution in [0.15, 0.2) is 16.3 Å². The Bertz CT molecular complexity index is 558. The third-order valence-corrected chi connectivity index (χ3v) is 6.23. The Morgan fingerprint density at radius 3 is 2.47 bits per heavy atom. The van der Waals surface area contributed by atoms with Crippen LogP contribution in [0.4, 0.5) is 0 Å². The quantitative estimate of drug-likeness (QED) is 0.800. The van der Waals surface area contributed by atoms with Crippen molar-refractivity contribution in [3.8, 4) is 6.07 Å². The Morgan fingerprint density at radius 1 is 1.42 bits per heavy atom. The van der Waals surface area contributed by atoms with E-state index >= 15 is 0 Å². The van der Waals surface area contributed by atoms with Crippen molar-refractivity contribution in [3.63, 3.8) is 0 Å². The fraction of sp³-hybridized carbons (Fsp3) is 0.583. The predicted octanol–water partition coefficient (Wildman–Crippen LogP) is 1.58. The van der Waals surface area contributed by atoms with Gasteiger partial charge >= 0.3 is 0 Å². The summed E-state index contributed by atoms with van der Waals surface area (Å²) in [5.41, 5.74) is 0. The van der Waals surface area contributed by atoms with Crippen LogP contribution in [0.5, 0.6) is 0 Å². The molecular formula is C12H19N3O2S2. The second-order valence-corrected chi connectivity index (χ2v) is 7.75. The van der Waals surface area contributed by atoms with E-state index in [9.17, 15) is 8.42 Å². The average Bonchev–Trinajstić information content (AvgIpc) is 2.77. The van der Waals surface area contributed by atoms with Gasteiger partial charge in [-0.3, -0.25) is 0 Å². The molecule has 0 saturated carbocycles. The Labute approximate surface area is 119 Å². The summed E-state index contributed by atoms with van der Waals surface area (Å²) in [6, 6.07) is 4.90. The second-order valence-electron chi connectivity index (χ2n) is 4.55. The zero-order valence-corrected chi connectivity index (χ0v) is 13.3. The van der Waals surface area contributed by atoms with E-state index in [2.05, 4.69) is 0 Å². The fourth-order valence-corrected chi connectivity index (χ4v) is 4.84. The lowest BCUT2D eigenvalue weighted by Crippen LogP contribution is -2.43. The zero-order chi connectivity index (χ0) is 14.6. The maximum Gasteiger partial charge on any atom is 0.252 e. The molecule has 0 saturated heterocycles. The molecule has 1 heterocycles. The van der Waals surface area contributed by atoms with Gasteiger partial charge in [-0.05, 0) is 33.2 Å². The minimum atomic E-state index is -3.51. The van der Waals surface area contributed by atoms with Crippen LogP contribution in [-0.4, -0.2) is 50.8 Å². The monoisotopic (exact) mass is 301 g/mol. The highest BCUT2D eigenvalue weighted by molar-refractivity contribution is 7.91. The van der Waals surface area contributed by atoms with E-state index in [4.69, 9.17) is 5.26 Å². The fourth-order valence-electron chi connectivity index (χ4n) is 1.97. The van der Waals surface area contributed by atoms with Gasteiger partial charge in [0.2, 0.25) is 0 Å².